The third-order valence-corrected chi connectivity index (χ3v) is 1.94. The quantitative estimate of drug-likeness (QED) is 0.516. The molecule has 2 aromatic carbocycles. The van der Waals surface area contributed by atoms with Gasteiger partial charge in [-0.1, -0.05) is 48.5 Å². The van der Waals surface area contributed by atoms with Crippen molar-refractivity contribution < 1.29 is 0 Å². The highest BCUT2D eigenvalue weighted by Gasteiger charge is 1.81. The summed E-state index contributed by atoms with van der Waals surface area (Å²) in [6, 6.07) is 19.7. The maximum atomic E-state index is 5.45. The third kappa shape index (κ3) is 4.64. The lowest BCUT2D eigenvalue weighted by molar-refractivity contribution is 1.72. The summed E-state index contributed by atoms with van der Waals surface area (Å²) in [6.45, 7) is 0. The average Bonchev–Trinajstić information content (AvgIpc) is 2.21. The molecule has 0 aliphatic carbocycles. The predicted octanol–water partition coefficient (Wildman–Crippen LogP) is 2.46. The van der Waals surface area contributed by atoms with Gasteiger partial charge in [-0.15, -0.1) is 9.24 Å². The van der Waals surface area contributed by atoms with E-state index in [0.717, 1.165) is 11.0 Å². The number of nitrogens with two attached hydrogens (primary N) is 1. The SMILES string of the molecule is Nc1cccc(P)c1.c1ccccc1. The van der Waals surface area contributed by atoms with Gasteiger partial charge in [0.1, 0.15) is 0 Å². The Balaban J connectivity index is 0.000000146. The monoisotopic (exact) mass is 203 g/mol. The van der Waals surface area contributed by atoms with Crippen molar-refractivity contribution in [3.8, 4) is 0 Å². The second kappa shape index (κ2) is 6.17. The molecule has 2 heteroatoms. The Hall–Kier alpha value is -1.33. The number of nitrogen functional groups attached to an aromatic ring is 1. The van der Waals surface area contributed by atoms with E-state index in [1.54, 1.807) is 0 Å². The molecule has 0 aromatic heterocycles. The molecule has 0 spiro atoms. The lowest BCUT2D eigenvalue weighted by atomic mass is 10.3. The second-order valence-corrected chi connectivity index (χ2v) is 3.49. The van der Waals surface area contributed by atoms with Crippen molar-refractivity contribution in [1.82, 2.24) is 0 Å². The summed E-state index contributed by atoms with van der Waals surface area (Å²) in [5, 5.41) is 1.13. The first kappa shape index (κ1) is 10.7. The van der Waals surface area contributed by atoms with Gasteiger partial charge in [-0.05, 0) is 17.4 Å². The maximum absolute atomic E-state index is 5.45. The van der Waals surface area contributed by atoms with Crippen LogP contribution in [0.3, 0.4) is 0 Å². The van der Waals surface area contributed by atoms with Gasteiger partial charge in [0.2, 0.25) is 0 Å². The topological polar surface area (TPSA) is 26.0 Å². The minimum absolute atomic E-state index is 0.817. The van der Waals surface area contributed by atoms with E-state index < -0.39 is 0 Å². The fourth-order valence-corrected chi connectivity index (χ4v) is 1.25. The van der Waals surface area contributed by atoms with Crippen molar-refractivity contribution in [2.24, 2.45) is 0 Å². The molecule has 0 bridgehead atoms. The minimum atomic E-state index is 0.817. The van der Waals surface area contributed by atoms with Crippen LogP contribution in [0.15, 0.2) is 60.7 Å². The van der Waals surface area contributed by atoms with E-state index in [1.165, 1.54) is 0 Å². The van der Waals surface area contributed by atoms with Crippen LogP contribution in [-0.4, -0.2) is 0 Å². The van der Waals surface area contributed by atoms with Gasteiger partial charge in [-0.2, -0.15) is 0 Å². The maximum Gasteiger partial charge on any atom is 0.0320 e. The molecule has 0 fully saturated rings. The van der Waals surface area contributed by atoms with Gasteiger partial charge in [-0.25, -0.2) is 0 Å². The third-order valence-electron chi connectivity index (χ3n) is 1.58. The van der Waals surface area contributed by atoms with Crippen LogP contribution < -0.4 is 11.0 Å². The van der Waals surface area contributed by atoms with Gasteiger partial charge < -0.3 is 5.73 Å². The van der Waals surface area contributed by atoms with Crippen LogP contribution in [0, 0.1) is 0 Å². The van der Waals surface area contributed by atoms with Crippen LogP contribution in [-0.2, 0) is 0 Å². The summed E-state index contributed by atoms with van der Waals surface area (Å²) in [6.07, 6.45) is 0. The molecule has 1 nitrogen and oxygen atoms in total. The van der Waals surface area contributed by atoms with Crippen LogP contribution in [0.4, 0.5) is 5.69 Å². The zero-order valence-electron chi connectivity index (χ0n) is 7.93. The van der Waals surface area contributed by atoms with E-state index in [0.29, 0.717) is 0 Å². The molecule has 0 aliphatic heterocycles. The summed E-state index contributed by atoms with van der Waals surface area (Å²) in [5.41, 5.74) is 6.26. The first-order chi connectivity index (χ1) is 6.79. The number of benzene rings is 2. The molecule has 2 rings (SSSR count). The van der Waals surface area contributed by atoms with Crippen LogP contribution in [0.25, 0.3) is 0 Å². The highest BCUT2D eigenvalue weighted by atomic mass is 31.0. The molecule has 1 atom stereocenters. The number of hydrogen-bond donors (Lipinski definition) is 1. The molecular weight excluding hydrogens is 189 g/mol. The first-order valence-electron chi connectivity index (χ1n) is 4.40. The second-order valence-electron chi connectivity index (χ2n) is 2.82. The Kier molecular flexibility index (Phi) is 4.74. The normalized spacial score (nSPS) is 8.64. The van der Waals surface area contributed by atoms with E-state index in [1.807, 2.05) is 60.7 Å². The molecule has 72 valence electrons. The van der Waals surface area contributed by atoms with Crippen molar-refractivity contribution >= 4 is 20.2 Å². The van der Waals surface area contributed by atoms with Gasteiger partial charge in [0.25, 0.3) is 0 Å². The number of hydrogen-bond acceptors (Lipinski definition) is 1. The standard InChI is InChI=1S/C6H8NP.C6H6/c7-5-2-1-3-6(8)4-5;1-2-4-6-5-3-1/h1-4H,7-8H2;1-6H. The lowest BCUT2D eigenvalue weighted by Crippen LogP contribution is -1.91. The van der Waals surface area contributed by atoms with Crippen molar-refractivity contribution in [3.63, 3.8) is 0 Å². The molecule has 14 heavy (non-hydrogen) atoms. The lowest BCUT2D eigenvalue weighted by Gasteiger charge is -1.90. The number of anilines is 1. The average molecular weight is 203 g/mol. The van der Waals surface area contributed by atoms with E-state index in [4.69, 9.17) is 5.73 Å². The van der Waals surface area contributed by atoms with E-state index in [9.17, 15) is 0 Å². The van der Waals surface area contributed by atoms with Gasteiger partial charge in [0.05, 0.1) is 0 Å². The number of rotatable bonds is 0. The largest absolute Gasteiger partial charge is 0.399 e. The zero-order valence-corrected chi connectivity index (χ0v) is 9.08. The van der Waals surface area contributed by atoms with E-state index >= 15 is 0 Å². The van der Waals surface area contributed by atoms with E-state index in [2.05, 4.69) is 9.24 Å². The molecule has 0 aliphatic rings. The molecule has 0 saturated heterocycles. The molecule has 0 amide bonds. The van der Waals surface area contributed by atoms with Crippen molar-refractivity contribution in [3.05, 3.63) is 60.7 Å². The van der Waals surface area contributed by atoms with Gasteiger partial charge in [0, 0.05) is 5.69 Å². The molecule has 2 aromatic rings. The Morgan fingerprint density at radius 1 is 0.786 bits per heavy atom. The summed E-state index contributed by atoms with van der Waals surface area (Å²) in [7, 11) is 2.58. The fourth-order valence-electron chi connectivity index (χ4n) is 0.944. The molecule has 1 unspecified atom stereocenters. The van der Waals surface area contributed by atoms with E-state index in [-0.39, 0.29) is 0 Å². The molecule has 0 radical (unpaired) electrons. The predicted molar refractivity (Wildman–Crippen MR) is 66.6 cm³/mol. The Morgan fingerprint density at radius 3 is 1.57 bits per heavy atom. The van der Waals surface area contributed by atoms with Crippen LogP contribution in [0.1, 0.15) is 0 Å². The van der Waals surface area contributed by atoms with Crippen LogP contribution in [0.5, 0.6) is 0 Å². The minimum Gasteiger partial charge on any atom is -0.399 e. The Morgan fingerprint density at radius 2 is 1.29 bits per heavy atom. The van der Waals surface area contributed by atoms with Crippen LogP contribution in [0.2, 0.25) is 0 Å². The summed E-state index contributed by atoms with van der Waals surface area (Å²) >= 11 is 0. The summed E-state index contributed by atoms with van der Waals surface area (Å²) < 4.78 is 0. The summed E-state index contributed by atoms with van der Waals surface area (Å²) in [5.74, 6) is 0. The fraction of sp³-hybridized carbons (Fsp3) is 0. The van der Waals surface area contributed by atoms with Crippen molar-refractivity contribution in [1.29, 1.82) is 0 Å². The highest BCUT2D eigenvalue weighted by molar-refractivity contribution is 7.27. The molecule has 0 heterocycles. The zero-order chi connectivity index (χ0) is 10.2. The van der Waals surface area contributed by atoms with Crippen molar-refractivity contribution in [2.45, 2.75) is 0 Å². The first-order valence-corrected chi connectivity index (χ1v) is 4.98. The van der Waals surface area contributed by atoms with Gasteiger partial charge >= 0.3 is 0 Å². The summed E-state index contributed by atoms with van der Waals surface area (Å²) in [4.78, 5) is 0. The van der Waals surface area contributed by atoms with Gasteiger partial charge in [-0.3, -0.25) is 0 Å². The molecular formula is C12H14NP. The molecule has 2 N–H and O–H groups in total. The Labute approximate surface area is 87.2 Å². The van der Waals surface area contributed by atoms with Crippen LogP contribution >= 0.6 is 9.24 Å². The Bertz CT molecular complexity index is 316. The highest BCUT2D eigenvalue weighted by Crippen LogP contribution is 1.98. The smallest absolute Gasteiger partial charge is 0.0320 e. The molecule has 0 saturated carbocycles. The van der Waals surface area contributed by atoms with Crippen molar-refractivity contribution in [2.75, 3.05) is 5.73 Å². The van der Waals surface area contributed by atoms with Gasteiger partial charge in [0.15, 0.2) is 0 Å².